The molecule has 1 heterocycles. The summed E-state index contributed by atoms with van der Waals surface area (Å²) in [5, 5.41) is 11.4. The molecule has 0 aliphatic carbocycles. The number of benzene rings is 2. The average molecular weight is 386 g/mol. The first-order valence-corrected chi connectivity index (χ1v) is 10.2. The van der Waals surface area contributed by atoms with Gasteiger partial charge in [-0.15, -0.1) is 22.0 Å². The fourth-order valence-corrected chi connectivity index (χ4v) is 3.63. The highest BCUT2D eigenvalue weighted by Gasteiger charge is 2.12. The number of rotatable bonds is 8. The molecule has 0 aliphatic heterocycles. The van der Waals surface area contributed by atoms with E-state index in [0.29, 0.717) is 17.7 Å². The Morgan fingerprint density at radius 3 is 2.62 bits per heavy atom. The molecule has 0 radical (unpaired) electrons. The third-order valence-electron chi connectivity index (χ3n) is 3.54. The monoisotopic (exact) mass is 385 g/mol. The van der Waals surface area contributed by atoms with Crippen molar-refractivity contribution in [2.45, 2.75) is 17.0 Å². The Labute approximate surface area is 161 Å². The summed E-state index contributed by atoms with van der Waals surface area (Å²) in [5.74, 6) is 1.52. The molecule has 1 aromatic heterocycles. The zero-order valence-corrected chi connectivity index (χ0v) is 16.0. The van der Waals surface area contributed by atoms with Gasteiger partial charge in [0.15, 0.2) is 0 Å². The summed E-state index contributed by atoms with van der Waals surface area (Å²) in [7, 11) is 0. The van der Waals surface area contributed by atoms with Gasteiger partial charge in [0.2, 0.25) is 11.8 Å². The molecule has 1 amide bonds. The number of amides is 1. The van der Waals surface area contributed by atoms with Gasteiger partial charge in [-0.2, -0.15) is 0 Å². The Bertz CT molecular complexity index is 853. The normalized spacial score (nSPS) is 10.7. The summed E-state index contributed by atoms with van der Waals surface area (Å²) in [5.41, 5.74) is 1.98. The summed E-state index contributed by atoms with van der Waals surface area (Å²) in [6.45, 7) is 2.62. The van der Waals surface area contributed by atoms with Crippen LogP contribution in [0.2, 0.25) is 0 Å². The van der Waals surface area contributed by atoms with Gasteiger partial charge >= 0.3 is 0 Å². The topological polar surface area (TPSA) is 68.0 Å². The first-order valence-electron chi connectivity index (χ1n) is 8.19. The zero-order valence-electron chi connectivity index (χ0n) is 14.3. The van der Waals surface area contributed by atoms with Gasteiger partial charge in [0.05, 0.1) is 5.75 Å². The maximum absolute atomic E-state index is 11.9. The van der Waals surface area contributed by atoms with E-state index in [1.807, 2.05) is 49.4 Å². The van der Waals surface area contributed by atoms with E-state index < -0.39 is 0 Å². The van der Waals surface area contributed by atoms with Crippen molar-refractivity contribution in [1.82, 2.24) is 15.5 Å². The number of aryl methyl sites for hydroxylation is 1. The highest BCUT2D eigenvalue weighted by atomic mass is 32.2. The molecule has 0 unspecified atom stereocenters. The van der Waals surface area contributed by atoms with Gasteiger partial charge in [0.1, 0.15) is 0 Å². The predicted octanol–water partition coefficient (Wildman–Crippen LogP) is 4.05. The maximum Gasteiger partial charge on any atom is 0.277 e. The van der Waals surface area contributed by atoms with Crippen molar-refractivity contribution in [3.05, 3.63) is 60.2 Å². The van der Waals surface area contributed by atoms with Crippen molar-refractivity contribution < 1.29 is 9.21 Å². The molecule has 0 spiro atoms. The van der Waals surface area contributed by atoms with Gasteiger partial charge in [-0.1, -0.05) is 48.2 Å². The summed E-state index contributed by atoms with van der Waals surface area (Å²) in [6.07, 6.45) is 0. The number of nitrogens with zero attached hydrogens (tertiary/aromatic N) is 2. The number of hydrogen-bond donors (Lipinski definition) is 1. The van der Waals surface area contributed by atoms with Gasteiger partial charge in [-0.25, -0.2) is 0 Å². The van der Waals surface area contributed by atoms with Crippen LogP contribution in [0.5, 0.6) is 0 Å². The quantitative estimate of drug-likeness (QED) is 0.466. The van der Waals surface area contributed by atoms with E-state index in [-0.39, 0.29) is 11.7 Å². The molecule has 3 rings (SSSR count). The van der Waals surface area contributed by atoms with Crippen LogP contribution in [0.1, 0.15) is 5.56 Å². The molecule has 0 aliphatic rings. The number of carbonyl (C=O) groups is 1. The Morgan fingerprint density at radius 2 is 1.81 bits per heavy atom. The SMILES string of the molecule is Cc1ccccc1-c1nnc(SCC(=O)NCCSc2ccccc2)o1. The molecule has 7 heteroatoms. The smallest absolute Gasteiger partial charge is 0.277 e. The van der Waals surface area contributed by atoms with Crippen molar-refractivity contribution >= 4 is 29.4 Å². The molecule has 3 aromatic rings. The number of hydrogen-bond acceptors (Lipinski definition) is 6. The van der Waals surface area contributed by atoms with E-state index in [0.717, 1.165) is 16.9 Å². The number of thioether (sulfide) groups is 2. The van der Waals surface area contributed by atoms with Gasteiger partial charge in [-0.3, -0.25) is 4.79 Å². The summed E-state index contributed by atoms with van der Waals surface area (Å²) in [6, 6.07) is 18.0. The molecule has 0 bridgehead atoms. The van der Waals surface area contributed by atoms with E-state index in [9.17, 15) is 4.79 Å². The molecular weight excluding hydrogens is 366 g/mol. The molecule has 0 saturated carbocycles. The van der Waals surface area contributed by atoms with Crippen molar-refractivity contribution in [3.8, 4) is 11.5 Å². The largest absolute Gasteiger partial charge is 0.411 e. The summed E-state index contributed by atoms with van der Waals surface area (Å²) < 4.78 is 5.64. The predicted molar refractivity (Wildman–Crippen MR) is 105 cm³/mol. The zero-order chi connectivity index (χ0) is 18.2. The molecule has 5 nitrogen and oxygen atoms in total. The molecular formula is C19H19N3O2S2. The van der Waals surface area contributed by atoms with Crippen LogP contribution in [0.4, 0.5) is 0 Å². The molecule has 1 N–H and O–H groups in total. The van der Waals surface area contributed by atoms with Crippen molar-refractivity contribution in [2.24, 2.45) is 0 Å². The third kappa shape index (κ3) is 5.37. The number of nitrogens with one attached hydrogen (secondary N) is 1. The lowest BCUT2D eigenvalue weighted by Crippen LogP contribution is -2.27. The standard InChI is InChI=1S/C19H19N3O2S2/c1-14-7-5-6-10-16(14)18-21-22-19(24-18)26-13-17(23)20-11-12-25-15-8-3-2-4-9-15/h2-10H,11-13H2,1H3,(H,20,23). The van der Waals surface area contributed by atoms with E-state index >= 15 is 0 Å². The van der Waals surface area contributed by atoms with Crippen molar-refractivity contribution in [3.63, 3.8) is 0 Å². The summed E-state index contributed by atoms with van der Waals surface area (Å²) in [4.78, 5) is 13.1. The second-order valence-corrected chi connectivity index (χ2v) is 7.58. The first kappa shape index (κ1) is 18.5. The van der Waals surface area contributed by atoms with Crippen LogP contribution < -0.4 is 5.32 Å². The molecule has 134 valence electrons. The maximum atomic E-state index is 11.9. The minimum absolute atomic E-state index is 0.0423. The van der Waals surface area contributed by atoms with Gasteiger partial charge in [-0.05, 0) is 30.7 Å². The molecule has 26 heavy (non-hydrogen) atoms. The van der Waals surface area contributed by atoms with Crippen LogP contribution in [0.15, 0.2) is 69.1 Å². The molecule has 2 aromatic carbocycles. The minimum Gasteiger partial charge on any atom is -0.411 e. The van der Waals surface area contributed by atoms with Gasteiger partial charge in [0.25, 0.3) is 5.22 Å². The Morgan fingerprint density at radius 1 is 1.04 bits per heavy atom. The lowest BCUT2D eigenvalue weighted by atomic mass is 10.1. The molecule has 0 atom stereocenters. The van der Waals surface area contributed by atoms with Crippen LogP contribution in [-0.2, 0) is 4.79 Å². The van der Waals surface area contributed by atoms with E-state index in [1.54, 1.807) is 11.8 Å². The lowest BCUT2D eigenvalue weighted by Gasteiger charge is -2.04. The average Bonchev–Trinajstić information content (AvgIpc) is 3.13. The lowest BCUT2D eigenvalue weighted by molar-refractivity contribution is -0.118. The van der Waals surface area contributed by atoms with Crippen LogP contribution >= 0.6 is 23.5 Å². The summed E-state index contributed by atoms with van der Waals surface area (Å²) >= 11 is 2.96. The minimum atomic E-state index is -0.0423. The second kappa shape index (κ2) is 9.45. The van der Waals surface area contributed by atoms with E-state index in [1.165, 1.54) is 16.7 Å². The number of carbonyl (C=O) groups excluding carboxylic acids is 1. The van der Waals surface area contributed by atoms with Gasteiger partial charge < -0.3 is 9.73 Å². The van der Waals surface area contributed by atoms with Crippen LogP contribution in [-0.4, -0.2) is 34.2 Å². The van der Waals surface area contributed by atoms with Crippen molar-refractivity contribution in [2.75, 3.05) is 18.1 Å². The first-order chi connectivity index (χ1) is 12.7. The van der Waals surface area contributed by atoms with Crippen LogP contribution in [0.25, 0.3) is 11.5 Å². The van der Waals surface area contributed by atoms with E-state index in [4.69, 9.17) is 4.42 Å². The fourth-order valence-electron chi connectivity index (χ4n) is 2.24. The third-order valence-corrected chi connectivity index (χ3v) is 5.38. The van der Waals surface area contributed by atoms with Crippen molar-refractivity contribution in [1.29, 1.82) is 0 Å². The highest BCUT2D eigenvalue weighted by Crippen LogP contribution is 2.25. The molecule has 0 fully saturated rings. The van der Waals surface area contributed by atoms with Crippen LogP contribution in [0, 0.1) is 6.92 Å². The highest BCUT2D eigenvalue weighted by molar-refractivity contribution is 7.99. The molecule has 0 saturated heterocycles. The Kier molecular flexibility index (Phi) is 6.74. The number of aromatic nitrogens is 2. The van der Waals surface area contributed by atoms with Crippen LogP contribution in [0.3, 0.4) is 0 Å². The van der Waals surface area contributed by atoms with Gasteiger partial charge in [0, 0.05) is 22.8 Å². The Hall–Kier alpha value is -2.25. The fraction of sp³-hybridized carbons (Fsp3) is 0.211. The van der Waals surface area contributed by atoms with E-state index in [2.05, 4.69) is 27.6 Å². The Balaban J connectivity index is 1.40. The second-order valence-electron chi connectivity index (χ2n) is 5.49.